The van der Waals surface area contributed by atoms with Gasteiger partial charge in [-0.2, -0.15) is 0 Å². The maximum Gasteiger partial charge on any atom is 0.285 e. The second-order valence-corrected chi connectivity index (χ2v) is 6.07. The summed E-state index contributed by atoms with van der Waals surface area (Å²) in [6.07, 6.45) is 0. The Kier molecular flexibility index (Phi) is 7.48. The Morgan fingerprint density at radius 3 is 2.22 bits per heavy atom. The van der Waals surface area contributed by atoms with Crippen LogP contribution in [0.4, 0.5) is 0 Å². The lowest BCUT2D eigenvalue weighted by Gasteiger charge is -2.26. The zero-order valence-corrected chi connectivity index (χ0v) is 15.4. The van der Waals surface area contributed by atoms with Gasteiger partial charge in [-0.15, -0.1) is 0 Å². The van der Waals surface area contributed by atoms with Crippen LogP contribution in [0.25, 0.3) is 11.1 Å². The summed E-state index contributed by atoms with van der Waals surface area (Å²) in [4.78, 5) is 24.3. The first-order valence-corrected chi connectivity index (χ1v) is 8.51. The van der Waals surface area contributed by atoms with E-state index in [0.29, 0.717) is 6.61 Å². The minimum absolute atomic E-state index is 0.0245. The van der Waals surface area contributed by atoms with Crippen LogP contribution in [0.15, 0.2) is 54.6 Å². The van der Waals surface area contributed by atoms with E-state index in [1.165, 1.54) is 19.5 Å². The van der Waals surface area contributed by atoms with Crippen molar-refractivity contribution in [2.45, 2.75) is 19.1 Å². The molecule has 0 saturated carbocycles. The van der Waals surface area contributed by atoms with Gasteiger partial charge in [0.2, 0.25) is 5.60 Å². The predicted octanol–water partition coefficient (Wildman–Crippen LogP) is 1.90. The Morgan fingerprint density at radius 2 is 1.63 bits per heavy atom. The first kappa shape index (κ1) is 20.6. The first-order valence-electron chi connectivity index (χ1n) is 8.51. The second kappa shape index (κ2) is 9.82. The zero-order valence-electron chi connectivity index (χ0n) is 15.4. The summed E-state index contributed by atoms with van der Waals surface area (Å²) in [5.41, 5.74) is 2.54. The van der Waals surface area contributed by atoms with Crippen molar-refractivity contribution in [2.24, 2.45) is 0 Å². The lowest BCUT2D eigenvalue weighted by molar-refractivity contribution is -0.166. The quantitative estimate of drug-likeness (QED) is 0.270. The molecule has 0 heterocycles. The lowest BCUT2D eigenvalue weighted by Crippen LogP contribution is -2.56. The van der Waals surface area contributed by atoms with Gasteiger partial charge in [-0.25, -0.2) is 5.48 Å². The highest BCUT2D eigenvalue weighted by molar-refractivity contribution is 6.07. The maximum absolute atomic E-state index is 12.3. The van der Waals surface area contributed by atoms with Crippen molar-refractivity contribution < 1.29 is 24.3 Å². The number of ether oxygens (including phenoxy) is 2. The van der Waals surface area contributed by atoms with Gasteiger partial charge in [0.05, 0.1) is 13.2 Å². The van der Waals surface area contributed by atoms with Crippen molar-refractivity contribution in [2.75, 3.05) is 20.3 Å². The fraction of sp³-hybridized carbons (Fsp3) is 0.300. The number of hydrogen-bond donors (Lipinski definition) is 3. The molecule has 0 radical (unpaired) electrons. The Hall–Kier alpha value is -2.74. The monoisotopic (exact) mass is 372 g/mol. The molecule has 2 aromatic carbocycles. The molecular formula is C20H24N2O5. The number of benzene rings is 2. The number of carbonyl (C=O) groups excluding carboxylic acids is 2. The molecule has 7 nitrogen and oxygen atoms in total. The van der Waals surface area contributed by atoms with E-state index in [1.807, 2.05) is 54.6 Å². The highest BCUT2D eigenvalue weighted by Crippen LogP contribution is 2.21. The molecule has 0 spiro atoms. The van der Waals surface area contributed by atoms with Gasteiger partial charge in [-0.3, -0.25) is 14.8 Å². The van der Waals surface area contributed by atoms with Gasteiger partial charge >= 0.3 is 0 Å². The minimum Gasteiger partial charge on any atom is -0.383 e. The summed E-state index contributed by atoms with van der Waals surface area (Å²) in [6, 6.07) is 17.5. The van der Waals surface area contributed by atoms with Crippen molar-refractivity contribution in [3.05, 3.63) is 60.2 Å². The third kappa shape index (κ3) is 5.37. The third-order valence-corrected chi connectivity index (χ3v) is 4.15. The zero-order chi connectivity index (χ0) is 19.7. The molecule has 0 bridgehead atoms. The molecule has 0 aliphatic carbocycles. The number of rotatable bonds is 9. The number of nitrogens with one attached hydrogen (secondary N) is 2. The van der Waals surface area contributed by atoms with Crippen LogP contribution in [0.3, 0.4) is 0 Å². The topological polar surface area (TPSA) is 96.9 Å². The standard InChI is InChI=1S/C20H24N2O5/c1-20(19(24)22-25,18(23)21-12-13-26-2)27-14-15-8-10-17(11-9-15)16-6-4-3-5-7-16/h3-11,25H,12-14H2,1-2H3,(H,21,23)(H,22,24). The van der Waals surface area contributed by atoms with E-state index in [1.54, 1.807) is 0 Å². The smallest absolute Gasteiger partial charge is 0.285 e. The first-order chi connectivity index (χ1) is 13.0. The summed E-state index contributed by atoms with van der Waals surface area (Å²) in [5, 5.41) is 11.5. The van der Waals surface area contributed by atoms with E-state index in [-0.39, 0.29) is 13.2 Å². The van der Waals surface area contributed by atoms with Crippen molar-refractivity contribution >= 4 is 11.8 Å². The van der Waals surface area contributed by atoms with Crippen LogP contribution >= 0.6 is 0 Å². The molecule has 1 atom stereocenters. The van der Waals surface area contributed by atoms with Crippen LogP contribution < -0.4 is 10.8 Å². The maximum atomic E-state index is 12.3. The van der Waals surface area contributed by atoms with Crippen LogP contribution in [-0.4, -0.2) is 42.9 Å². The summed E-state index contributed by atoms with van der Waals surface area (Å²) < 4.78 is 10.4. The lowest BCUT2D eigenvalue weighted by atomic mass is 10.0. The number of methoxy groups -OCH3 is 1. The molecular weight excluding hydrogens is 348 g/mol. The molecule has 0 aliphatic heterocycles. The van der Waals surface area contributed by atoms with Crippen LogP contribution in [-0.2, 0) is 25.7 Å². The highest BCUT2D eigenvalue weighted by Gasteiger charge is 2.42. The molecule has 0 fully saturated rings. The van der Waals surface area contributed by atoms with Gasteiger partial charge < -0.3 is 14.8 Å². The van der Waals surface area contributed by atoms with Gasteiger partial charge in [-0.05, 0) is 23.6 Å². The van der Waals surface area contributed by atoms with Gasteiger partial charge in [-0.1, -0.05) is 54.6 Å². The summed E-state index contributed by atoms with van der Waals surface area (Å²) in [6.45, 7) is 1.85. The van der Waals surface area contributed by atoms with E-state index in [4.69, 9.17) is 14.7 Å². The number of amides is 2. The van der Waals surface area contributed by atoms with Gasteiger partial charge in [0.15, 0.2) is 0 Å². The number of carbonyl (C=O) groups is 2. The molecule has 2 rings (SSSR count). The molecule has 2 aromatic rings. The molecule has 27 heavy (non-hydrogen) atoms. The average Bonchev–Trinajstić information content (AvgIpc) is 2.72. The molecule has 1 unspecified atom stereocenters. The minimum atomic E-state index is -1.87. The van der Waals surface area contributed by atoms with E-state index in [9.17, 15) is 9.59 Å². The van der Waals surface area contributed by atoms with E-state index in [0.717, 1.165) is 16.7 Å². The summed E-state index contributed by atoms with van der Waals surface area (Å²) in [7, 11) is 1.50. The van der Waals surface area contributed by atoms with E-state index < -0.39 is 17.4 Å². The summed E-state index contributed by atoms with van der Waals surface area (Å²) >= 11 is 0. The SMILES string of the molecule is COCCNC(=O)C(C)(OCc1ccc(-c2ccccc2)cc1)C(=O)NO. The van der Waals surface area contributed by atoms with Crippen LogP contribution in [0.1, 0.15) is 12.5 Å². The molecule has 3 N–H and O–H groups in total. The fourth-order valence-corrected chi connectivity index (χ4v) is 2.43. The van der Waals surface area contributed by atoms with Crippen LogP contribution in [0, 0.1) is 0 Å². The molecule has 0 aliphatic rings. The van der Waals surface area contributed by atoms with Gasteiger partial charge in [0.25, 0.3) is 11.8 Å². The van der Waals surface area contributed by atoms with Crippen molar-refractivity contribution in [1.29, 1.82) is 0 Å². The average molecular weight is 372 g/mol. The molecule has 0 saturated heterocycles. The van der Waals surface area contributed by atoms with Crippen LogP contribution in [0.5, 0.6) is 0 Å². The molecule has 144 valence electrons. The van der Waals surface area contributed by atoms with Gasteiger partial charge in [0, 0.05) is 13.7 Å². The second-order valence-electron chi connectivity index (χ2n) is 6.07. The predicted molar refractivity (Wildman–Crippen MR) is 99.9 cm³/mol. The molecule has 7 heteroatoms. The Balaban J connectivity index is 2.05. The normalized spacial score (nSPS) is 12.9. The van der Waals surface area contributed by atoms with Crippen molar-refractivity contribution in [3.8, 4) is 11.1 Å². The number of hydroxylamine groups is 1. The van der Waals surface area contributed by atoms with Crippen LogP contribution in [0.2, 0.25) is 0 Å². The largest absolute Gasteiger partial charge is 0.383 e. The molecule has 0 aromatic heterocycles. The van der Waals surface area contributed by atoms with Gasteiger partial charge in [0.1, 0.15) is 0 Å². The van der Waals surface area contributed by atoms with E-state index >= 15 is 0 Å². The Bertz CT molecular complexity index is 749. The Morgan fingerprint density at radius 1 is 1.00 bits per heavy atom. The molecule has 2 amide bonds. The fourth-order valence-electron chi connectivity index (χ4n) is 2.43. The third-order valence-electron chi connectivity index (χ3n) is 4.15. The Labute approximate surface area is 158 Å². The van der Waals surface area contributed by atoms with Crippen molar-refractivity contribution in [3.63, 3.8) is 0 Å². The van der Waals surface area contributed by atoms with E-state index in [2.05, 4.69) is 5.32 Å². The summed E-state index contributed by atoms with van der Waals surface area (Å²) in [5.74, 6) is -1.61. The number of hydrogen-bond acceptors (Lipinski definition) is 5. The highest BCUT2D eigenvalue weighted by atomic mass is 16.5. The van der Waals surface area contributed by atoms with Crippen molar-refractivity contribution in [1.82, 2.24) is 10.8 Å².